The Morgan fingerprint density at radius 2 is 2.21 bits per heavy atom. The number of benzene rings is 1. The molecule has 0 unspecified atom stereocenters. The third-order valence-electron chi connectivity index (χ3n) is 2.52. The molecule has 1 aromatic carbocycles. The summed E-state index contributed by atoms with van der Waals surface area (Å²) < 4.78 is 39.4. The minimum absolute atomic E-state index is 0.0867. The lowest BCUT2D eigenvalue weighted by Crippen LogP contribution is -2.26. The van der Waals surface area contributed by atoms with Crippen molar-refractivity contribution in [3.8, 4) is 0 Å². The number of H-pyrrole nitrogens is 1. The number of aromatic amines is 1. The second-order valence-electron chi connectivity index (χ2n) is 3.91. The topological polar surface area (TPSA) is 101 Å². The first-order valence-corrected chi connectivity index (χ1v) is 6.99. The van der Waals surface area contributed by atoms with E-state index in [-0.39, 0.29) is 17.1 Å². The lowest BCUT2D eigenvalue weighted by Gasteiger charge is -2.07. The zero-order chi connectivity index (χ0) is 13.9. The molecule has 0 bridgehead atoms. The summed E-state index contributed by atoms with van der Waals surface area (Å²) in [5, 5.41) is 0. The maximum atomic E-state index is 13.2. The van der Waals surface area contributed by atoms with E-state index < -0.39 is 15.8 Å². The van der Waals surface area contributed by atoms with Crippen LogP contribution in [0, 0.1) is 5.82 Å². The number of aromatic nitrogens is 2. The number of nitrogens with one attached hydrogen (secondary N) is 2. The highest BCUT2D eigenvalue weighted by Crippen LogP contribution is 2.15. The van der Waals surface area contributed by atoms with Crippen molar-refractivity contribution in [1.29, 1.82) is 0 Å². The summed E-state index contributed by atoms with van der Waals surface area (Å²) in [7, 11) is -3.73. The van der Waals surface area contributed by atoms with E-state index in [4.69, 9.17) is 5.73 Å². The van der Waals surface area contributed by atoms with Gasteiger partial charge in [0.15, 0.2) is 0 Å². The van der Waals surface area contributed by atoms with Gasteiger partial charge < -0.3 is 10.7 Å². The van der Waals surface area contributed by atoms with Crippen molar-refractivity contribution in [3.05, 3.63) is 42.2 Å². The van der Waals surface area contributed by atoms with Crippen LogP contribution >= 0.6 is 0 Å². The number of halogens is 1. The highest BCUT2D eigenvalue weighted by molar-refractivity contribution is 7.89. The summed E-state index contributed by atoms with van der Waals surface area (Å²) in [6.45, 7) is 0.191. The number of rotatable bonds is 5. The Morgan fingerprint density at radius 1 is 1.42 bits per heavy atom. The predicted molar refractivity (Wildman–Crippen MR) is 68.3 cm³/mol. The standard InChI is InChI=1S/C11H13FN4O2S/c12-10-5-9(1-2-11(10)13)19(17,18)16-4-3-8-6-14-7-15-8/h1-2,5-7,16H,3-4,13H2,(H,14,15). The number of hydrogen-bond acceptors (Lipinski definition) is 4. The summed E-state index contributed by atoms with van der Waals surface area (Å²) in [5.74, 6) is -0.753. The van der Waals surface area contributed by atoms with Gasteiger partial charge in [-0.25, -0.2) is 22.5 Å². The minimum atomic E-state index is -3.73. The third kappa shape index (κ3) is 3.30. The number of nitrogens with zero attached hydrogens (tertiary/aromatic N) is 1. The molecule has 8 heteroatoms. The molecule has 6 nitrogen and oxygen atoms in total. The Bertz CT molecular complexity index is 655. The Hall–Kier alpha value is -1.93. The molecule has 0 radical (unpaired) electrons. The fourth-order valence-corrected chi connectivity index (χ4v) is 2.54. The number of imidazole rings is 1. The minimum Gasteiger partial charge on any atom is -0.396 e. The van der Waals surface area contributed by atoms with Crippen LogP contribution in [0.1, 0.15) is 5.69 Å². The predicted octanol–water partition coefficient (Wildman–Crippen LogP) is 0.652. The van der Waals surface area contributed by atoms with E-state index in [0.29, 0.717) is 6.42 Å². The van der Waals surface area contributed by atoms with Crippen LogP contribution in [0.25, 0.3) is 0 Å². The summed E-state index contributed by atoms with van der Waals surface area (Å²) in [4.78, 5) is 6.53. The van der Waals surface area contributed by atoms with Crippen LogP contribution in [0.5, 0.6) is 0 Å². The van der Waals surface area contributed by atoms with Gasteiger partial charge in [-0.05, 0) is 18.2 Å². The Morgan fingerprint density at radius 3 is 2.84 bits per heavy atom. The van der Waals surface area contributed by atoms with Crippen molar-refractivity contribution < 1.29 is 12.8 Å². The number of sulfonamides is 1. The van der Waals surface area contributed by atoms with E-state index in [1.54, 1.807) is 6.20 Å². The molecule has 0 spiro atoms. The Labute approximate surface area is 109 Å². The summed E-state index contributed by atoms with van der Waals surface area (Å²) in [5.41, 5.74) is 6.02. The monoisotopic (exact) mass is 284 g/mol. The molecule has 4 N–H and O–H groups in total. The van der Waals surface area contributed by atoms with Crippen LogP contribution in [-0.2, 0) is 16.4 Å². The highest BCUT2D eigenvalue weighted by atomic mass is 32.2. The van der Waals surface area contributed by atoms with Gasteiger partial charge in [-0.2, -0.15) is 0 Å². The van der Waals surface area contributed by atoms with Crippen molar-refractivity contribution >= 4 is 15.7 Å². The van der Waals surface area contributed by atoms with Crippen LogP contribution in [0.3, 0.4) is 0 Å². The number of nitrogens with two attached hydrogens (primary N) is 1. The zero-order valence-electron chi connectivity index (χ0n) is 9.93. The molecule has 0 saturated heterocycles. The maximum Gasteiger partial charge on any atom is 0.240 e. The molecule has 2 rings (SSSR count). The van der Waals surface area contributed by atoms with E-state index in [1.165, 1.54) is 18.5 Å². The quantitative estimate of drug-likeness (QED) is 0.702. The van der Waals surface area contributed by atoms with Crippen LogP contribution in [0.4, 0.5) is 10.1 Å². The largest absolute Gasteiger partial charge is 0.396 e. The molecule has 1 aromatic heterocycles. The van der Waals surface area contributed by atoms with Crippen molar-refractivity contribution in [1.82, 2.24) is 14.7 Å². The van der Waals surface area contributed by atoms with E-state index >= 15 is 0 Å². The van der Waals surface area contributed by atoms with E-state index in [1.807, 2.05) is 0 Å². The molecular weight excluding hydrogens is 271 g/mol. The molecule has 0 atom stereocenters. The molecule has 0 aliphatic carbocycles. The first kappa shape index (κ1) is 13.5. The lowest BCUT2D eigenvalue weighted by molar-refractivity contribution is 0.578. The number of anilines is 1. The van der Waals surface area contributed by atoms with Gasteiger partial charge in [0.05, 0.1) is 16.9 Å². The van der Waals surface area contributed by atoms with Gasteiger partial charge in [0.25, 0.3) is 0 Å². The molecule has 19 heavy (non-hydrogen) atoms. The summed E-state index contributed by atoms with van der Waals surface area (Å²) in [6.07, 6.45) is 3.59. The van der Waals surface area contributed by atoms with Gasteiger partial charge in [0, 0.05) is 24.9 Å². The summed E-state index contributed by atoms with van der Waals surface area (Å²) in [6, 6.07) is 3.38. The van der Waals surface area contributed by atoms with Crippen molar-refractivity contribution in [3.63, 3.8) is 0 Å². The highest BCUT2D eigenvalue weighted by Gasteiger charge is 2.15. The third-order valence-corrected chi connectivity index (χ3v) is 3.98. The van der Waals surface area contributed by atoms with Gasteiger partial charge >= 0.3 is 0 Å². The SMILES string of the molecule is Nc1ccc(S(=O)(=O)NCCc2cnc[nH]2)cc1F. The van der Waals surface area contributed by atoms with Crippen LogP contribution in [-0.4, -0.2) is 24.9 Å². The van der Waals surface area contributed by atoms with Crippen molar-refractivity contribution in [2.75, 3.05) is 12.3 Å². The number of nitrogen functional groups attached to an aromatic ring is 1. The first-order valence-electron chi connectivity index (χ1n) is 5.51. The van der Waals surface area contributed by atoms with Crippen molar-refractivity contribution in [2.24, 2.45) is 0 Å². The van der Waals surface area contributed by atoms with Gasteiger partial charge in [-0.1, -0.05) is 0 Å². The summed E-state index contributed by atoms with van der Waals surface area (Å²) >= 11 is 0. The Kier molecular flexibility index (Phi) is 3.82. The first-order chi connectivity index (χ1) is 8.99. The molecule has 0 aliphatic heterocycles. The van der Waals surface area contributed by atoms with Crippen LogP contribution in [0.15, 0.2) is 35.6 Å². The smallest absolute Gasteiger partial charge is 0.240 e. The molecule has 1 heterocycles. The Balaban J connectivity index is 2.03. The van der Waals surface area contributed by atoms with E-state index in [2.05, 4.69) is 14.7 Å². The molecule has 2 aromatic rings. The van der Waals surface area contributed by atoms with E-state index in [9.17, 15) is 12.8 Å². The zero-order valence-corrected chi connectivity index (χ0v) is 10.7. The van der Waals surface area contributed by atoms with E-state index in [0.717, 1.165) is 11.8 Å². The average molecular weight is 284 g/mol. The second kappa shape index (κ2) is 5.37. The van der Waals surface area contributed by atoms with Crippen LogP contribution in [0.2, 0.25) is 0 Å². The normalized spacial score (nSPS) is 11.6. The second-order valence-corrected chi connectivity index (χ2v) is 5.67. The maximum absolute atomic E-state index is 13.2. The van der Waals surface area contributed by atoms with Gasteiger partial charge in [0.2, 0.25) is 10.0 Å². The van der Waals surface area contributed by atoms with Gasteiger partial charge in [0.1, 0.15) is 5.82 Å². The lowest BCUT2D eigenvalue weighted by atomic mass is 10.3. The molecule has 0 fully saturated rings. The van der Waals surface area contributed by atoms with Crippen molar-refractivity contribution in [2.45, 2.75) is 11.3 Å². The molecule has 0 amide bonds. The number of hydrogen-bond donors (Lipinski definition) is 3. The fourth-order valence-electron chi connectivity index (χ4n) is 1.50. The molecule has 0 saturated carbocycles. The van der Waals surface area contributed by atoms with Crippen LogP contribution < -0.4 is 10.5 Å². The molecular formula is C11H13FN4O2S. The van der Waals surface area contributed by atoms with Gasteiger partial charge in [-0.3, -0.25) is 0 Å². The molecule has 102 valence electrons. The molecule has 0 aliphatic rings. The van der Waals surface area contributed by atoms with Gasteiger partial charge in [-0.15, -0.1) is 0 Å². The fraction of sp³-hybridized carbons (Fsp3) is 0.182. The average Bonchev–Trinajstić information content (AvgIpc) is 2.85.